The van der Waals surface area contributed by atoms with Crippen LogP contribution >= 0.6 is 0 Å². The van der Waals surface area contributed by atoms with Gasteiger partial charge in [-0.05, 0) is 18.8 Å². The van der Waals surface area contributed by atoms with E-state index >= 15 is 0 Å². The lowest BCUT2D eigenvalue weighted by atomic mass is 9.96. The largest absolute Gasteiger partial charge is 0.480 e. The SMILES string of the molecule is CCCCC(NC(=O)C(CN)CC(C)C)C(=O)O. The quantitative estimate of drug-likeness (QED) is 0.582. The summed E-state index contributed by atoms with van der Waals surface area (Å²) in [6.07, 6.45) is 2.85. The molecule has 0 saturated heterocycles. The first-order valence-corrected chi connectivity index (χ1v) is 6.65. The van der Waals surface area contributed by atoms with E-state index in [2.05, 4.69) is 5.32 Å². The van der Waals surface area contributed by atoms with Gasteiger partial charge in [-0.3, -0.25) is 4.79 Å². The molecule has 0 fully saturated rings. The van der Waals surface area contributed by atoms with Crippen molar-refractivity contribution in [1.29, 1.82) is 0 Å². The number of nitrogens with one attached hydrogen (secondary N) is 1. The summed E-state index contributed by atoms with van der Waals surface area (Å²) in [6.45, 7) is 6.27. The van der Waals surface area contributed by atoms with Crippen LogP contribution in [0.2, 0.25) is 0 Å². The average Bonchev–Trinajstić information content (AvgIpc) is 2.30. The first kappa shape index (κ1) is 16.9. The number of hydrogen-bond acceptors (Lipinski definition) is 3. The molecule has 106 valence electrons. The van der Waals surface area contributed by atoms with Crippen LogP contribution in [0.4, 0.5) is 0 Å². The van der Waals surface area contributed by atoms with Gasteiger partial charge in [0.25, 0.3) is 0 Å². The normalized spacial score (nSPS) is 14.3. The van der Waals surface area contributed by atoms with Crippen LogP contribution in [0, 0.1) is 11.8 Å². The van der Waals surface area contributed by atoms with Crippen molar-refractivity contribution in [1.82, 2.24) is 5.32 Å². The Labute approximate surface area is 109 Å². The molecule has 0 radical (unpaired) electrons. The summed E-state index contributed by atoms with van der Waals surface area (Å²) in [7, 11) is 0. The first-order valence-electron chi connectivity index (χ1n) is 6.65. The van der Waals surface area contributed by atoms with E-state index < -0.39 is 12.0 Å². The van der Waals surface area contributed by atoms with E-state index in [0.717, 1.165) is 12.8 Å². The lowest BCUT2D eigenvalue weighted by molar-refractivity contribution is -0.142. The molecule has 0 saturated carbocycles. The second kappa shape index (κ2) is 8.91. The number of unbranched alkanes of at least 4 members (excludes halogenated alkanes) is 1. The Morgan fingerprint density at radius 3 is 2.33 bits per heavy atom. The molecular formula is C13H26N2O3. The Hall–Kier alpha value is -1.10. The minimum Gasteiger partial charge on any atom is -0.480 e. The lowest BCUT2D eigenvalue weighted by Crippen LogP contribution is -2.45. The fraction of sp³-hybridized carbons (Fsp3) is 0.846. The summed E-state index contributed by atoms with van der Waals surface area (Å²) in [5, 5.41) is 11.6. The molecular weight excluding hydrogens is 232 g/mol. The number of aliphatic carboxylic acids is 1. The van der Waals surface area contributed by atoms with Crippen molar-refractivity contribution in [2.24, 2.45) is 17.6 Å². The molecule has 4 N–H and O–H groups in total. The molecule has 0 heterocycles. The van der Waals surface area contributed by atoms with Crippen molar-refractivity contribution in [3.63, 3.8) is 0 Å². The van der Waals surface area contributed by atoms with Gasteiger partial charge in [0.1, 0.15) is 6.04 Å². The number of rotatable bonds is 9. The Bertz CT molecular complexity index is 267. The number of carbonyl (C=O) groups is 2. The molecule has 5 nitrogen and oxygen atoms in total. The highest BCUT2D eigenvalue weighted by Gasteiger charge is 2.24. The van der Waals surface area contributed by atoms with E-state index in [1.54, 1.807) is 0 Å². The van der Waals surface area contributed by atoms with Crippen molar-refractivity contribution in [2.45, 2.75) is 52.5 Å². The molecule has 0 aromatic heterocycles. The molecule has 0 aliphatic carbocycles. The van der Waals surface area contributed by atoms with Crippen molar-refractivity contribution in [3.8, 4) is 0 Å². The number of amides is 1. The van der Waals surface area contributed by atoms with Crippen molar-refractivity contribution < 1.29 is 14.7 Å². The van der Waals surface area contributed by atoms with E-state index in [-0.39, 0.29) is 18.4 Å². The summed E-state index contributed by atoms with van der Waals surface area (Å²) in [4.78, 5) is 23.0. The smallest absolute Gasteiger partial charge is 0.326 e. The fourth-order valence-electron chi connectivity index (χ4n) is 1.83. The van der Waals surface area contributed by atoms with Gasteiger partial charge < -0.3 is 16.2 Å². The average molecular weight is 258 g/mol. The highest BCUT2D eigenvalue weighted by atomic mass is 16.4. The second-order valence-electron chi connectivity index (χ2n) is 5.10. The Kier molecular flexibility index (Phi) is 8.37. The topological polar surface area (TPSA) is 92.4 Å². The van der Waals surface area contributed by atoms with E-state index in [0.29, 0.717) is 18.8 Å². The number of carboxylic acids is 1. The van der Waals surface area contributed by atoms with Gasteiger partial charge in [-0.1, -0.05) is 33.6 Å². The highest BCUT2D eigenvalue weighted by Crippen LogP contribution is 2.11. The molecule has 0 rings (SSSR count). The van der Waals surface area contributed by atoms with Gasteiger partial charge in [0.05, 0.1) is 5.92 Å². The molecule has 5 heteroatoms. The maximum absolute atomic E-state index is 11.9. The summed E-state index contributed by atoms with van der Waals surface area (Å²) in [6, 6.07) is -0.793. The van der Waals surface area contributed by atoms with E-state index in [9.17, 15) is 9.59 Å². The molecule has 0 aromatic rings. The van der Waals surface area contributed by atoms with Crippen LogP contribution in [0.15, 0.2) is 0 Å². The van der Waals surface area contributed by atoms with Crippen LogP contribution in [-0.2, 0) is 9.59 Å². The molecule has 18 heavy (non-hydrogen) atoms. The predicted octanol–water partition coefficient (Wildman–Crippen LogP) is 1.37. The van der Waals surface area contributed by atoms with Crippen LogP contribution in [0.5, 0.6) is 0 Å². The van der Waals surface area contributed by atoms with Gasteiger partial charge in [-0.2, -0.15) is 0 Å². The van der Waals surface area contributed by atoms with Crippen LogP contribution in [0.25, 0.3) is 0 Å². The summed E-state index contributed by atoms with van der Waals surface area (Å²) in [5.74, 6) is -1.15. The zero-order valence-electron chi connectivity index (χ0n) is 11.6. The Balaban J connectivity index is 4.41. The fourth-order valence-corrected chi connectivity index (χ4v) is 1.83. The van der Waals surface area contributed by atoms with Crippen molar-refractivity contribution in [3.05, 3.63) is 0 Å². The molecule has 0 aromatic carbocycles. The first-order chi connectivity index (χ1) is 8.42. The Morgan fingerprint density at radius 1 is 1.33 bits per heavy atom. The van der Waals surface area contributed by atoms with Gasteiger partial charge in [0.15, 0.2) is 0 Å². The molecule has 0 spiro atoms. The van der Waals surface area contributed by atoms with Crippen LogP contribution in [0.3, 0.4) is 0 Å². The summed E-state index contributed by atoms with van der Waals surface area (Å²) < 4.78 is 0. The highest BCUT2D eigenvalue weighted by molar-refractivity contribution is 5.85. The summed E-state index contributed by atoms with van der Waals surface area (Å²) in [5.41, 5.74) is 5.57. The van der Waals surface area contributed by atoms with E-state index in [1.165, 1.54) is 0 Å². The van der Waals surface area contributed by atoms with E-state index in [1.807, 2.05) is 20.8 Å². The monoisotopic (exact) mass is 258 g/mol. The third-order valence-corrected chi connectivity index (χ3v) is 2.87. The second-order valence-corrected chi connectivity index (χ2v) is 5.10. The predicted molar refractivity (Wildman–Crippen MR) is 71.1 cm³/mol. The maximum atomic E-state index is 11.9. The number of carbonyl (C=O) groups excluding carboxylic acids is 1. The summed E-state index contributed by atoms with van der Waals surface area (Å²) >= 11 is 0. The minimum atomic E-state index is -0.975. The van der Waals surface area contributed by atoms with Gasteiger partial charge in [0.2, 0.25) is 5.91 Å². The molecule has 2 unspecified atom stereocenters. The minimum absolute atomic E-state index is 0.241. The van der Waals surface area contributed by atoms with Crippen LogP contribution in [-0.4, -0.2) is 29.6 Å². The Morgan fingerprint density at radius 2 is 1.94 bits per heavy atom. The zero-order chi connectivity index (χ0) is 14.1. The van der Waals surface area contributed by atoms with Gasteiger partial charge in [-0.15, -0.1) is 0 Å². The maximum Gasteiger partial charge on any atom is 0.326 e. The standard InChI is InChI=1S/C13H26N2O3/c1-4-5-6-11(13(17)18)15-12(16)10(8-14)7-9(2)3/h9-11H,4-8,14H2,1-3H3,(H,15,16)(H,17,18). The number of hydrogen-bond donors (Lipinski definition) is 3. The molecule has 0 aliphatic rings. The third-order valence-electron chi connectivity index (χ3n) is 2.87. The van der Waals surface area contributed by atoms with Crippen LogP contribution in [0.1, 0.15) is 46.5 Å². The molecule has 0 bridgehead atoms. The van der Waals surface area contributed by atoms with Crippen LogP contribution < -0.4 is 11.1 Å². The number of carboxylic acid groups (broad SMARTS) is 1. The van der Waals surface area contributed by atoms with Gasteiger partial charge in [0, 0.05) is 6.54 Å². The van der Waals surface area contributed by atoms with Gasteiger partial charge >= 0.3 is 5.97 Å². The van der Waals surface area contributed by atoms with E-state index in [4.69, 9.17) is 10.8 Å². The molecule has 2 atom stereocenters. The lowest BCUT2D eigenvalue weighted by Gasteiger charge is -2.20. The third kappa shape index (κ3) is 6.59. The van der Waals surface area contributed by atoms with Crippen molar-refractivity contribution in [2.75, 3.05) is 6.54 Å². The van der Waals surface area contributed by atoms with Crippen molar-refractivity contribution >= 4 is 11.9 Å². The van der Waals surface area contributed by atoms with Gasteiger partial charge in [-0.25, -0.2) is 4.79 Å². The zero-order valence-corrected chi connectivity index (χ0v) is 11.6. The number of nitrogens with two attached hydrogens (primary N) is 1. The molecule has 0 aliphatic heterocycles. The molecule has 1 amide bonds.